The first kappa shape index (κ1) is 7.57. The highest BCUT2D eigenvalue weighted by atomic mass is 16.6. The number of hydrogen-bond acceptors (Lipinski definition) is 3. The molecule has 0 unspecified atom stereocenters. The Hall–Kier alpha value is -0.540. The SMILES string of the molecule is CC(C)=C(O)[C@@H](O)[C@@H]1CO1. The zero-order valence-corrected chi connectivity index (χ0v) is 6.16. The number of rotatable bonds is 2. The van der Waals surface area contributed by atoms with Crippen LogP contribution in [0.4, 0.5) is 0 Å². The average molecular weight is 144 g/mol. The van der Waals surface area contributed by atoms with Crippen LogP contribution in [-0.2, 0) is 4.74 Å². The second-order valence-electron chi connectivity index (χ2n) is 2.70. The summed E-state index contributed by atoms with van der Waals surface area (Å²) in [7, 11) is 0. The van der Waals surface area contributed by atoms with Crippen molar-refractivity contribution in [2.24, 2.45) is 0 Å². The fourth-order valence-electron chi connectivity index (χ4n) is 0.710. The van der Waals surface area contributed by atoms with E-state index in [0.717, 1.165) is 5.57 Å². The molecule has 1 saturated heterocycles. The van der Waals surface area contributed by atoms with Gasteiger partial charge in [-0.25, -0.2) is 0 Å². The van der Waals surface area contributed by atoms with E-state index in [1.54, 1.807) is 13.8 Å². The van der Waals surface area contributed by atoms with Gasteiger partial charge in [0.15, 0.2) is 0 Å². The summed E-state index contributed by atoms with van der Waals surface area (Å²) in [5.41, 5.74) is 0.739. The van der Waals surface area contributed by atoms with Crippen LogP contribution in [0.5, 0.6) is 0 Å². The molecule has 0 spiro atoms. The summed E-state index contributed by atoms with van der Waals surface area (Å²) in [6.45, 7) is 4.06. The van der Waals surface area contributed by atoms with Crippen LogP contribution in [0.15, 0.2) is 11.3 Å². The maximum absolute atomic E-state index is 9.20. The molecule has 58 valence electrons. The van der Waals surface area contributed by atoms with Gasteiger partial charge in [0.25, 0.3) is 0 Å². The van der Waals surface area contributed by atoms with E-state index < -0.39 is 6.10 Å². The van der Waals surface area contributed by atoms with Gasteiger partial charge in [-0.2, -0.15) is 0 Å². The van der Waals surface area contributed by atoms with Crippen LogP contribution >= 0.6 is 0 Å². The van der Waals surface area contributed by atoms with E-state index >= 15 is 0 Å². The number of hydrogen-bond donors (Lipinski definition) is 2. The lowest BCUT2D eigenvalue weighted by atomic mass is 10.1. The molecule has 2 atom stereocenters. The summed E-state index contributed by atoms with van der Waals surface area (Å²) >= 11 is 0. The van der Waals surface area contributed by atoms with Crippen LogP contribution in [0, 0.1) is 0 Å². The van der Waals surface area contributed by atoms with Gasteiger partial charge in [-0.1, -0.05) is 0 Å². The van der Waals surface area contributed by atoms with E-state index in [9.17, 15) is 5.11 Å². The molecular weight excluding hydrogens is 132 g/mol. The Kier molecular flexibility index (Phi) is 1.97. The van der Waals surface area contributed by atoms with Crippen molar-refractivity contribution in [3.8, 4) is 0 Å². The van der Waals surface area contributed by atoms with Gasteiger partial charge in [0.2, 0.25) is 0 Å². The minimum absolute atomic E-state index is 0.0440. The first-order chi connectivity index (χ1) is 4.63. The van der Waals surface area contributed by atoms with Crippen LogP contribution in [-0.4, -0.2) is 29.0 Å². The van der Waals surface area contributed by atoms with Gasteiger partial charge in [-0.05, 0) is 19.4 Å². The minimum Gasteiger partial charge on any atom is -0.510 e. The predicted octanol–water partition coefficient (Wildman–Crippen LogP) is 0.598. The quantitative estimate of drug-likeness (QED) is 0.440. The first-order valence-electron chi connectivity index (χ1n) is 3.29. The third kappa shape index (κ3) is 1.49. The molecule has 0 bridgehead atoms. The van der Waals surface area contributed by atoms with Gasteiger partial charge in [-0.3, -0.25) is 0 Å². The number of ether oxygens (including phenoxy) is 1. The van der Waals surface area contributed by atoms with E-state index in [4.69, 9.17) is 9.84 Å². The van der Waals surface area contributed by atoms with Crippen molar-refractivity contribution in [1.82, 2.24) is 0 Å². The molecule has 0 aromatic heterocycles. The molecule has 1 aliphatic heterocycles. The second kappa shape index (κ2) is 2.60. The molecule has 0 radical (unpaired) electrons. The Labute approximate surface area is 59.9 Å². The number of allylic oxidation sites excluding steroid dienone is 1. The van der Waals surface area contributed by atoms with E-state index in [2.05, 4.69) is 0 Å². The molecule has 3 heteroatoms. The summed E-state index contributed by atoms with van der Waals surface area (Å²) in [5.74, 6) is 0.0440. The van der Waals surface area contributed by atoms with Gasteiger partial charge >= 0.3 is 0 Å². The molecule has 10 heavy (non-hydrogen) atoms. The van der Waals surface area contributed by atoms with Crippen molar-refractivity contribution >= 4 is 0 Å². The van der Waals surface area contributed by atoms with Crippen molar-refractivity contribution in [2.75, 3.05) is 6.61 Å². The Morgan fingerprint density at radius 2 is 2.10 bits per heavy atom. The highest BCUT2D eigenvalue weighted by Crippen LogP contribution is 2.20. The van der Waals surface area contributed by atoms with Crippen molar-refractivity contribution in [3.63, 3.8) is 0 Å². The third-order valence-electron chi connectivity index (χ3n) is 1.50. The molecule has 0 aromatic rings. The highest BCUT2D eigenvalue weighted by molar-refractivity contribution is 5.09. The maximum Gasteiger partial charge on any atom is 0.139 e. The van der Waals surface area contributed by atoms with Crippen LogP contribution in [0.25, 0.3) is 0 Å². The molecule has 0 amide bonds. The van der Waals surface area contributed by atoms with Crippen molar-refractivity contribution in [3.05, 3.63) is 11.3 Å². The summed E-state index contributed by atoms with van der Waals surface area (Å²) < 4.78 is 4.80. The average Bonchev–Trinajstić information content (AvgIpc) is 2.65. The molecule has 0 saturated carbocycles. The van der Waals surface area contributed by atoms with Crippen molar-refractivity contribution < 1.29 is 14.9 Å². The lowest BCUT2D eigenvalue weighted by Crippen LogP contribution is -2.18. The third-order valence-corrected chi connectivity index (χ3v) is 1.50. The topological polar surface area (TPSA) is 53.0 Å². The normalized spacial score (nSPS) is 25.7. The standard InChI is InChI=1S/C7H12O3/c1-4(2)6(8)7(9)5-3-10-5/h5,7-9H,3H2,1-2H3/t5-,7-/m0/s1. The predicted molar refractivity (Wildman–Crippen MR) is 36.7 cm³/mol. The van der Waals surface area contributed by atoms with Gasteiger partial charge in [0.05, 0.1) is 6.61 Å². The van der Waals surface area contributed by atoms with E-state index in [-0.39, 0.29) is 11.9 Å². The fraction of sp³-hybridized carbons (Fsp3) is 0.714. The molecule has 2 N–H and O–H groups in total. The molecule has 1 fully saturated rings. The van der Waals surface area contributed by atoms with Crippen LogP contribution in [0.3, 0.4) is 0 Å². The molecule has 0 aliphatic carbocycles. The molecule has 0 aromatic carbocycles. The summed E-state index contributed by atoms with van der Waals surface area (Å²) in [6, 6.07) is 0. The number of aliphatic hydroxyl groups is 2. The van der Waals surface area contributed by atoms with E-state index in [0.29, 0.717) is 6.61 Å². The van der Waals surface area contributed by atoms with Crippen molar-refractivity contribution in [2.45, 2.75) is 26.1 Å². The van der Waals surface area contributed by atoms with E-state index in [1.807, 2.05) is 0 Å². The Morgan fingerprint density at radius 1 is 1.60 bits per heavy atom. The number of aliphatic hydroxyl groups excluding tert-OH is 2. The molecule has 1 aliphatic rings. The molecule has 3 nitrogen and oxygen atoms in total. The molecule has 1 heterocycles. The van der Waals surface area contributed by atoms with E-state index in [1.165, 1.54) is 0 Å². The van der Waals surface area contributed by atoms with Crippen molar-refractivity contribution in [1.29, 1.82) is 0 Å². The highest BCUT2D eigenvalue weighted by Gasteiger charge is 2.34. The van der Waals surface area contributed by atoms with Gasteiger partial charge in [0, 0.05) is 0 Å². The number of epoxide rings is 1. The largest absolute Gasteiger partial charge is 0.510 e. The first-order valence-corrected chi connectivity index (χ1v) is 3.29. The van der Waals surface area contributed by atoms with Crippen LogP contribution in [0.2, 0.25) is 0 Å². The van der Waals surface area contributed by atoms with Crippen LogP contribution in [0.1, 0.15) is 13.8 Å². The lowest BCUT2D eigenvalue weighted by Gasteiger charge is -2.07. The Morgan fingerprint density at radius 3 is 2.40 bits per heavy atom. The Bertz CT molecular complexity index is 154. The minimum atomic E-state index is -0.815. The second-order valence-corrected chi connectivity index (χ2v) is 2.70. The monoisotopic (exact) mass is 144 g/mol. The zero-order chi connectivity index (χ0) is 7.72. The smallest absolute Gasteiger partial charge is 0.139 e. The van der Waals surface area contributed by atoms with Gasteiger partial charge in [-0.15, -0.1) is 0 Å². The zero-order valence-electron chi connectivity index (χ0n) is 6.16. The van der Waals surface area contributed by atoms with Gasteiger partial charge in [0.1, 0.15) is 18.0 Å². The molecular formula is C7H12O3. The van der Waals surface area contributed by atoms with Gasteiger partial charge < -0.3 is 14.9 Å². The summed E-state index contributed by atoms with van der Waals surface area (Å²) in [4.78, 5) is 0. The molecule has 1 rings (SSSR count). The maximum atomic E-state index is 9.20. The summed E-state index contributed by atoms with van der Waals surface area (Å²) in [6.07, 6.45) is -0.986. The van der Waals surface area contributed by atoms with Crippen LogP contribution < -0.4 is 0 Å². The Balaban J connectivity index is 2.54. The fourth-order valence-corrected chi connectivity index (χ4v) is 0.710. The summed E-state index contributed by atoms with van der Waals surface area (Å²) in [5, 5.41) is 18.4. The lowest BCUT2D eigenvalue weighted by molar-refractivity contribution is 0.119.